The van der Waals surface area contributed by atoms with E-state index in [-0.39, 0.29) is 0 Å². The highest BCUT2D eigenvalue weighted by atomic mass is 35.5. The molecule has 0 aromatic heterocycles. The zero-order valence-electron chi connectivity index (χ0n) is 8.55. The van der Waals surface area contributed by atoms with E-state index in [0.29, 0.717) is 18.0 Å². The SMILES string of the molecule is CC(C)(O)CCNc1ccccc1Cl. The number of para-hydroxylation sites is 1. The van der Waals surface area contributed by atoms with Crippen molar-refractivity contribution in [2.24, 2.45) is 0 Å². The Kier molecular flexibility index (Phi) is 3.78. The standard InChI is InChI=1S/C11H16ClNO/c1-11(2,14)7-8-13-10-6-4-3-5-9(10)12/h3-6,13-14H,7-8H2,1-2H3. The van der Waals surface area contributed by atoms with Gasteiger partial charge in [0.25, 0.3) is 0 Å². The molecule has 1 aromatic carbocycles. The maximum atomic E-state index is 9.49. The zero-order valence-corrected chi connectivity index (χ0v) is 9.30. The Balaban J connectivity index is 2.43. The molecule has 3 heteroatoms. The van der Waals surface area contributed by atoms with E-state index in [9.17, 15) is 5.11 Å². The third-order valence-electron chi connectivity index (χ3n) is 1.93. The molecule has 0 saturated carbocycles. The maximum absolute atomic E-state index is 9.49. The van der Waals surface area contributed by atoms with Crippen LogP contribution in [0.5, 0.6) is 0 Å². The molecule has 14 heavy (non-hydrogen) atoms. The second kappa shape index (κ2) is 4.67. The molecule has 1 aromatic rings. The zero-order chi connectivity index (χ0) is 10.6. The molecule has 0 amide bonds. The Labute approximate surface area is 89.9 Å². The minimum Gasteiger partial charge on any atom is -0.390 e. The van der Waals surface area contributed by atoms with Gasteiger partial charge >= 0.3 is 0 Å². The van der Waals surface area contributed by atoms with Crippen LogP contribution < -0.4 is 5.32 Å². The fourth-order valence-corrected chi connectivity index (χ4v) is 1.31. The lowest BCUT2D eigenvalue weighted by molar-refractivity contribution is 0.0749. The molecule has 2 nitrogen and oxygen atoms in total. The highest BCUT2D eigenvalue weighted by Gasteiger charge is 2.11. The third-order valence-corrected chi connectivity index (χ3v) is 2.26. The van der Waals surface area contributed by atoms with Gasteiger partial charge in [0.15, 0.2) is 0 Å². The minimum atomic E-state index is -0.631. The van der Waals surface area contributed by atoms with Crippen molar-refractivity contribution in [2.75, 3.05) is 11.9 Å². The van der Waals surface area contributed by atoms with E-state index in [4.69, 9.17) is 11.6 Å². The van der Waals surface area contributed by atoms with Crippen LogP contribution in [-0.2, 0) is 0 Å². The lowest BCUT2D eigenvalue weighted by atomic mass is 10.1. The molecule has 0 saturated heterocycles. The van der Waals surface area contributed by atoms with Gasteiger partial charge in [-0.25, -0.2) is 0 Å². The predicted molar refractivity (Wildman–Crippen MR) is 60.9 cm³/mol. The monoisotopic (exact) mass is 213 g/mol. The summed E-state index contributed by atoms with van der Waals surface area (Å²) in [7, 11) is 0. The number of hydrogen-bond acceptors (Lipinski definition) is 2. The molecule has 0 atom stereocenters. The number of nitrogens with one attached hydrogen (secondary N) is 1. The van der Waals surface area contributed by atoms with Crippen LogP contribution in [0.15, 0.2) is 24.3 Å². The largest absolute Gasteiger partial charge is 0.390 e. The van der Waals surface area contributed by atoms with E-state index in [2.05, 4.69) is 5.32 Å². The Morgan fingerprint density at radius 1 is 1.36 bits per heavy atom. The van der Waals surface area contributed by atoms with E-state index in [1.807, 2.05) is 24.3 Å². The topological polar surface area (TPSA) is 32.3 Å². The highest BCUT2D eigenvalue weighted by molar-refractivity contribution is 6.33. The number of halogens is 1. The summed E-state index contributed by atoms with van der Waals surface area (Å²) < 4.78 is 0. The van der Waals surface area contributed by atoms with Gasteiger partial charge in [0, 0.05) is 6.54 Å². The summed E-state index contributed by atoms with van der Waals surface area (Å²) in [5.41, 5.74) is 0.285. The average molecular weight is 214 g/mol. The van der Waals surface area contributed by atoms with Crippen molar-refractivity contribution in [3.05, 3.63) is 29.3 Å². The van der Waals surface area contributed by atoms with Crippen molar-refractivity contribution in [3.63, 3.8) is 0 Å². The van der Waals surface area contributed by atoms with Crippen LogP contribution in [0.25, 0.3) is 0 Å². The van der Waals surface area contributed by atoms with Gasteiger partial charge in [-0.05, 0) is 32.4 Å². The van der Waals surface area contributed by atoms with Gasteiger partial charge in [0.1, 0.15) is 0 Å². The van der Waals surface area contributed by atoms with Crippen molar-refractivity contribution >= 4 is 17.3 Å². The van der Waals surface area contributed by atoms with Gasteiger partial charge in [-0.2, -0.15) is 0 Å². The van der Waals surface area contributed by atoms with E-state index >= 15 is 0 Å². The molecule has 0 bridgehead atoms. The van der Waals surface area contributed by atoms with Crippen LogP contribution in [0.4, 0.5) is 5.69 Å². The number of hydrogen-bond donors (Lipinski definition) is 2. The first-order valence-electron chi connectivity index (χ1n) is 4.70. The first-order valence-corrected chi connectivity index (χ1v) is 5.08. The molecule has 0 heterocycles. The molecular weight excluding hydrogens is 198 g/mol. The number of rotatable bonds is 4. The van der Waals surface area contributed by atoms with E-state index in [1.54, 1.807) is 13.8 Å². The van der Waals surface area contributed by atoms with Crippen molar-refractivity contribution < 1.29 is 5.11 Å². The van der Waals surface area contributed by atoms with Crippen LogP contribution in [0.2, 0.25) is 5.02 Å². The minimum absolute atomic E-state index is 0.631. The number of anilines is 1. The normalized spacial score (nSPS) is 11.4. The van der Waals surface area contributed by atoms with Crippen LogP contribution in [0.1, 0.15) is 20.3 Å². The summed E-state index contributed by atoms with van der Waals surface area (Å²) in [5, 5.41) is 13.4. The van der Waals surface area contributed by atoms with Crippen LogP contribution in [0.3, 0.4) is 0 Å². The molecule has 78 valence electrons. The fraction of sp³-hybridized carbons (Fsp3) is 0.455. The maximum Gasteiger partial charge on any atom is 0.0637 e. The molecule has 0 fully saturated rings. The van der Waals surface area contributed by atoms with Gasteiger partial charge in [0.2, 0.25) is 0 Å². The van der Waals surface area contributed by atoms with E-state index in [1.165, 1.54) is 0 Å². The van der Waals surface area contributed by atoms with Gasteiger partial charge in [-0.1, -0.05) is 23.7 Å². The quantitative estimate of drug-likeness (QED) is 0.806. The average Bonchev–Trinajstić information content (AvgIpc) is 2.06. The van der Waals surface area contributed by atoms with Crippen LogP contribution in [-0.4, -0.2) is 17.3 Å². The van der Waals surface area contributed by atoms with E-state index < -0.39 is 5.60 Å². The third kappa shape index (κ3) is 3.99. The Morgan fingerprint density at radius 2 is 2.00 bits per heavy atom. The molecular formula is C11H16ClNO. The molecule has 1 rings (SSSR count). The summed E-state index contributed by atoms with van der Waals surface area (Å²) in [6.45, 7) is 4.30. The number of aliphatic hydroxyl groups is 1. The molecule has 0 unspecified atom stereocenters. The van der Waals surface area contributed by atoms with Crippen LogP contribution >= 0.6 is 11.6 Å². The lowest BCUT2D eigenvalue weighted by Crippen LogP contribution is -2.22. The van der Waals surface area contributed by atoms with Crippen LogP contribution in [0, 0.1) is 0 Å². The van der Waals surface area contributed by atoms with Gasteiger partial charge in [0.05, 0.1) is 16.3 Å². The lowest BCUT2D eigenvalue weighted by Gasteiger charge is -2.17. The van der Waals surface area contributed by atoms with Gasteiger partial charge < -0.3 is 10.4 Å². The summed E-state index contributed by atoms with van der Waals surface area (Å²) in [6, 6.07) is 7.59. The second-order valence-electron chi connectivity index (χ2n) is 3.97. The molecule has 0 radical (unpaired) electrons. The Hall–Kier alpha value is -0.730. The summed E-state index contributed by atoms with van der Waals surface area (Å²) in [4.78, 5) is 0. The summed E-state index contributed by atoms with van der Waals surface area (Å²) in [5.74, 6) is 0. The van der Waals surface area contributed by atoms with Crippen molar-refractivity contribution in [1.82, 2.24) is 0 Å². The molecule has 0 spiro atoms. The van der Waals surface area contributed by atoms with Gasteiger partial charge in [-0.3, -0.25) is 0 Å². The van der Waals surface area contributed by atoms with Crippen molar-refractivity contribution in [2.45, 2.75) is 25.9 Å². The molecule has 0 aliphatic rings. The summed E-state index contributed by atoms with van der Waals surface area (Å²) >= 11 is 5.95. The smallest absolute Gasteiger partial charge is 0.0637 e. The van der Waals surface area contributed by atoms with Gasteiger partial charge in [-0.15, -0.1) is 0 Å². The first kappa shape index (κ1) is 11.3. The Bertz CT molecular complexity index is 294. The highest BCUT2D eigenvalue weighted by Crippen LogP contribution is 2.20. The molecule has 2 N–H and O–H groups in total. The second-order valence-corrected chi connectivity index (χ2v) is 4.38. The Morgan fingerprint density at radius 3 is 2.57 bits per heavy atom. The molecule has 0 aliphatic heterocycles. The predicted octanol–water partition coefficient (Wildman–Crippen LogP) is 2.91. The van der Waals surface area contributed by atoms with E-state index in [0.717, 1.165) is 5.69 Å². The fourth-order valence-electron chi connectivity index (χ4n) is 1.11. The first-order chi connectivity index (χ1) is 6.49. The van der Waals surface area contributed by atoms with Crippen molar-refractivity contribution in [1.29, 1.82) is 0 Å². The van der Waals surface area contributed by atoms with Crippen molar-refractivity contribution in [3.8, 4) is 0 Å². The summed E-state index contributed by atoms with van der Waals surface area (Å²) in [6.07, 6.45) is 0.693. The molecule has 0 aliphatic carbocycles. The number of benzene rings is 1.